The summed E-state index contributed by atoms with van der Waals surface area (Å²) in [6.07, 6.45) is 0.782. The summed E-state index contributed by atoms with van der Waals surface area (Å²) in [6, 6.07) is 4.89. The molecule has 7 nitrogen and oxygen atoms in total. The molecule has 1 rings (SSSR count). The lowest BCUT2D eigenvalue weighted by Gasteiger charge is -2.17. The summed E-state index contributed by atoms with van der Waals surface area (Å²) >= 11 is 0. The van der Waals surface area contributed by atoms with E-state index in [9.17, 15) is 10.1 Å². The molecule has 0 aliphatic rings. The fourth-order valence-corrected chi connectivity index (χ4v) is 2.06. The van der Waals surface area contributed by atoms with Gasteiger partial charge in [-0.1, -0.05) is 6.92 Å². The molecule has 3 N–H and O–H groups in total. The van der Waals surface area contributed by atoms with Crippen LogP contribution in [0.1, 0.15) is 18.9 Å². The third-order valence-corrected chi connectivity index (χ3v) is 3.07. The first-order valence-corrected chi connectivity index (χ1v) is 7.07. The van der Waals surface area contributed by atoms with Crippen LogP contribution in [0.3, 0.4) is 0 Å². The summed E-state index contributed by atoms with van der Waals surface area (Å²) < 4.78 is 5.37. The quantitative estimate of drug-likeness (QED) is 0.409. The number of nitro benzene ring substituents is 1. The Bertz CT molecular complexity index is 447. The molecule has 0 heterocycles. The number of aliphatic hydroxyl groups is 2. The van der Waals surface area contributed by atoms with Crippen molar-refractivity contribution in [2.45, 2.75) is 19.9 Å². The van der Waals surface area contributed by atoms with Crippen molar-refractivity contribution in [3.8, 4) is 5.75 Å². The molecule has 118 valence electrons. The van der Waals surface area contributed by atoms with Crippen molar-refractivity contribution in [1.29, 1.82) is 0 Å². The van der Waals surface area contributed by atoms with Gasteiger partial charge in [0.05, 0.1) is 24.7 Å². The van der Waals surface area contributed by atoms with Gasteiger partial charge >= 0.3 is 5.69 Å². The number of aliphatic hydroxyl groups excluding tert-OH is 2. The molecule has 0 spiro atoms. The first kappa shape index (κ1) is 17.4. The molecule has 0 bridgehead atoms. The smallest absolute Gasteiger partial charge is 0.311 e. The van der Waals surface area contributed by atoms with E-state index in [1.54, 1.807) is 12.1 Å². The summed E-state index contributed by atoms with van der Waals surface area (Å²) in [4.78, 5) is 11.6. The maximum atomic E-state index is 11.1. The number of nitrogens with zero attached hydrogens (tertiary/aromatic N) is 1. The Kier molecular flexibility index (Phi) is 7.66. The topological polar surface area (TPSA) is 97.3 Å². The van der Waals surface area contributed by atoms with E-state index in [0.29, 0.717) is 26.2 Å². The Hall–Kier alpha value is -1.70. The van der Waals surface area contributed by atoms with E-state index in [4.69, 9.17) is 14.9 Å². The van der Waals surface area contributed by atoms with E-state index in [1.165, 1.54) is 6.07 Å². The molecule has 0 aromatic heterocycles. The van der Waals surface area contributed by atoms with Crippen molar-refractivity contribution in [2.24, 2.45) is 0 Å². The van der Waals surface area contributed by atoms with Crippen LogP contribution in [0, 0.1) is 10.1 Å². The minimum atomic E-state index is -0.452. The molecule has 7 heteroatoms. The number of benzene rings is 1. The highest BCUT2D eigenvalue weighted by Crippen LogP contribution is 2.27. The number of hydrogen-bond donors (Lipinski definition) is 3. The van der Waals surface area contributed by atoms with Crippen LogP contribution in [0.2, 0.25) is 0 Å². The molecular formula is C14H23N2O5+. The van der Waals surface area contributed by atoms with Gasteiger partial charge in [0.1, 0.15) is 19.6 Å². The van der Waals surface area contributed by atoms with Gasteiger partial charge in [-0.3, -0.25) is 10.1 Å². The normalized spacial score (nSPS) is 10.9. The van der Waals surface area contributed by atoms with Gasteiger partial charge in [-0.2, -0.15) is 0 Å². The number of ether oxygens (including phenoxy) is 1. The Morgan fingerprint density at radius 3 is 2.48 bits per heavy atom. The number of nitrogens with one attached hydrogen (secondary N) is 1. The van der Waals surface area contributed by atoms with E-state index in [2.05, 4.69) is 0 Å². The van der Waals surface area contributed by atoms with E-state index in [-0.39, 0.29) is 24.7 Å². The van der Waals surface area contributed by atoms with E-state index in [0.717, 1.165) is 16.9 Å². The van der Waals surface area contributed by atoms with Gasteiger partial charge in [-0.05, 0) is 18.6 Å². The molecular weight excluding hydrogens is 276 g/mol. The van der Waals surface area contributed by atoms with Crippen LogP contribution in [0.4, 0.5) is 5.69 Å². The molecule has 0 unspecified atom stereocenters. The minimum absolute atomic E-state index is 0.00905. The van der Waals surface area contributed by atoms with Crippen LogP contribution in [-0.4, -0.2) is 48.0 Å². The molecule has 0 aliphatic carbocycles. The largest absolute Gasteiger partial charge is 0.487 e. The minimum Gasteiger partial charge on any atom is -0.487 e. The zero-order valence-electron chi connectivity index (χ0n) is 12.2. The summed E-state index contributed by atoms with van der Waals surface area (Å²) in [5.41, 5.74) is 0.732. The van der Waals surface area contributed by atoms with E-state index in [1.807, 2.05) is 6.92 Å². The van der Waals surface area contributed by atoms with Gasteiger partial charge in [-0.15, -0.1) is 0 Å². The highest BCUT2D eigenvalue weighted by Gasteiger charge is 2.18. The molecule has 1 aromatic rings. The second-order valence-corrected chi connectivity index (χ2v) is 4.78. The fourth-order valence-electron chi connectivity index (χ4n) is 2.06. The highest BCUT2D eigenvalue weighted by molar-refractivity contribution is 5.48. The number of hydrogen-bond acceptors (Lipinski definition) is 5. The number of quaternary nitrogens is 1. The van der Waals surface area contributed by atoms with Gasteiger partial charge in [0, 0.05) is 11.6 Å². The van der Waals surface area contributed by atoms with Crippen LogP contribution in [0.5, 0.6) is 5.75 Å². The Balaban J connectivity index is 2.88. The fraction of sp³-hybridized carbons (Fsp3) is 0.571. The molecule has 0 saturated carbocycles. The summed E-state index contributed by atoms with van der Waals surface area (Å²) in [5, 5.41) is 29.1. The summed E-state index contributed by atoms with van der Waals surface area (Å²) in [7, 11) is 0. The molecule has 21 heavy (non-hydrogen) atoms. The lowest BCUT2D eigenvalue weighted by Crippen LogP contribution is -3.11. The standard InChI is InChI=1S/C14H22N2O5/c1-2-9-21-14-4-3-12(10-13(14)16(19)20)11-15(5-7-17)6-8-18/h3-4,10,17-18H,2,5-9,11H2,1H3/p+1. The maximum Gasteiger partial charge on any atom is 0.311 e. The van der Waals surface area contributed by atoms with Crippen LogP contribution >= 0.6 is 0 Å². The zero-order chi connectivity index (χ0) is 15.7. The van der Waals surface area contributed by atoms with Gasteiger partial charge in [-0.25, -0.2) is 0 Å². The molecule has 0 fully saturated rings. The Labute approximate surface area is 123 Å². The van der Waals surface area contributed by atoms with Gasteiger partial charge in [0.15, 0.2) is 5.75 Å². The molecule has 0 aliphatic heterocycles. The van der Waals surface area contributed by atoms with Crippen LogP contribution in [0.25, 0.3) is 0 Å². The highest BCUT2D eigenvalue weighted by atomic mass is 16.6. The summed E-state index contributed by atoms with van der Waals surface area (Å²) in [5.74, 6) is 0.275. The lowest BCUT2D eigenvalue weighted by atomic mass is 10.1. The summed E-state index contributed by atoms with van der Waals surface area (Å²) in [6.45, 7) is 3.88. The molecule has 0 radical (unpaired) electrons. The molecule has 0 amide bonds. The van der Waals surface area contributed by atoms with Crippen molar-refractivity contribution >= 4 is 5.69 Å². The monoisotopic (exact) mass is 299 g/mol. The van der Waals surface area contributed by atoms with E-state index >= 15 is 0 Å². The van der Waals surface area contributed by atoms with Crippen molar-refractivity contribution in [3.05, 3.63) is 33.9 Å². The molecule has 0 atom stereocenters. The number of nitro groups is 1. The molecule has 1 aromatic carbocycles. The molecule has 0 saturated heterocycles. The first-order chi connectivity index (χ1) is 10.1. The van der Waals surface area contributed by atoms with Crippen molar-refractivity contribution < 1.29 is 24.8 Å². The zero-order valence-corrected chi connectivity index (χ0v) is 12.2. The third kappa shape index (κ3) is 5.66. The van der Waals surface area contributed by atoms with Crippen molar-refractivity contribution in [1.82, 2.24) is 0 Å². The van der Waals surface area contributed by atoms with Crippen molar-refractivity contribution in [3.63, 3.8) is 0 Å². The predicted octanol–water partition coefficient (Wildman–Crippen LogP) is -0.247. The Morgan fingerprint density at radius 2 is 1.95 bits per heavy atom. The number of rotatable bonds is 10. The SMILES string of the molecule is CCCOc1ccc(C[NH+](CCO)CCO)cc1[N+](=O)[O-]. The second-order valence-electron chi connectivity index (χ2n) is 4.78. The Morgan fingerprint density at radius 1 is 1.29 bits per heavy atom. The van der Waals surface area contributed by atoms with Crippen LogP contribution < -0.4 is 9.64 Å². The van der Waals surface area contributed by atoms with E-state index < -0.39 is 4.92 Å². The van der Waals surface area contributed by atoms with Crippen LogP contribution in [-0.2, 0) is 6.54 Å². The lowest BCUT2D eigenvalue weighted by molar-refractivity contribution is -0.914. The average molecular weight is 299 g/mol. The second kappa shape index (κ2) is 9.28. The first-order valence-electron chi connectivity index (χ1n) is 7.07. The van der Waals surface area contributed by atoms with Gasteiger partial charge in [0.2, 0.25) is 0 Å². The van der Waals surface area contributed by atoms with Gasteiger partial charge < -0.3 is 19.8 Å². The average Bonchev–Trinajstić information content (AvgIpc) is 2.46. The third-order valence-electron chi connectivity index (χ3n) is 3.07. The predicted molar refractivity (Wildman–Crippen MR) is 77.5 cm³/mol. The van der Waals surface area contributed by atoms with Gasteiger partial charge in [0.25, 0.3) is 0 Å². The maximum absolute atomic E-state index is 11.1. The van der Waals surface area contributed by atoms with Crippen molar-refractivity contribution in [2.75, 3.05) is 32.9 Å². The van der Waals surface area contributed by atoms with Crippen LogP contribution in [0.15, 0.2) is 18.2 Å².